The normalized spacial score (nSPS) is 13.6. The number of thiophene rings is 1. The molecule has 1 heterocycles. The number of benzene rings is 9. The van der Waals surface area contributed by atoms with Crippen molar-refractivity contribution in [1.29, 1.82) is 0 Å². The van der Waals surface area contributed by atoms with Gasteiger partial charge in [0.25, 0.3) is 0 Å². The molecule has 0 saturated carbocycles. The summed E-state index contributed by atoms with van der Waals surface area (Å²) >= 11 is 1.95. The summed E-state index contributed by atoms with van der Waals surface area (Å²) in [4.78, 5) is 0. The maximum Gasteiger partial charge on any atom is 0.0437 e. The molecule has 0 nitrogen and oxygen atoms in total. The molecule has 0 amide bonds. The van der Waals surface area contributed by atoms with Crippen LogP contribution >= 0.6 is 11.3 Å². The third kappa shape index (κ3) is 3.65. The van der Waals surface area contributed by atoms with Crippen LogP contribution in [0.2, 0.25) is 0 Å². The Balaban J connectivity index is 1.36. The molecule has 0 N–H and O–H groups in total. The SMILES string of the molecule is CC1(C)c2ccccc2-c2cc3c(sc4ccccc43)c(-c3c4ccccc4c(-c4cc5ccccc5c5ccccc45)c4ccccc34)c21. The highest BCUT2D eigenvalue weighted by atomic mass is 32.1. The molecule has 1 aromatic heterocycles. The van der Waals surface area contributed by atoms with E-state index in [2.05, 4.69) is 172 Å². The topological polar surface area (TPSA) is 0 Å². The molecule has 11 rings (SSSR count). The lowest BCUT2D eigenvalue weighted by Gasteiger charge is -2.27. The Morgan fingerprint density at radius 2 is 0.920 bits per heavy atom. The van der Waals surface area contributed by atoms with Crippen molar-refractivity contribution in [1.82, 2.24) is 0 Å². The van der Waals surface area contributed by atoms with E-state index in [0.29, 0.717) is 0 Å². The summed E-state index contributed by atoms with van der Waals surface area (Å²) in [5.41, 5.74) is 10.7. The van der Waals surface area contributed by atoms with Gasteiger partial charge in [0.1, 0.15) is 0 Å². The quantitative estimate of drug-likeness (QED) is 0.129. The molecule has 10 aromatic rings. The third-order valence-electron chi connectivity index (χ3n) is 11.4. The molecule has 0 saturated heterocycles. The van der Waals surface area contributed by atoms with Gasteiger partial charge >= 0.3 is 0 Å². The number of rotatable bonds is 2. The van der Waals surface area contributed by atoms with Gasteiger partial charge in [-0.2, -0.15) is 0 Å². The van der Waals surface area contributed by atoms with E-state index in [9.17, 15) is 0 Å². The predicted octanol–water partition coefficient (Wildman–Crippen LogP) is 14.3. The van der Waals surface area contributed by atoms with Crippen molar-refractivity contribution in [2.75, 3.05) is 0 Å². The van der Waals surface area contributed by atoms with Crippen molar-refractivity contribution < 1.29 is 0 Å². The minimum Gasteiger partial charge on any atom is -0.135 e. The van der Waals surface area contributed by atoms with Crippen LogP contribution in [-0.2, 0) is 5.41 Å². The lowest BCUT2D eigenvalue weighted by Crippen LogP contribution is -2.16. The van der Waals surface area contributed by atoms with Crippen molar-refractivity contribution >= 4 is 74.6 Å². The van der Waals surface area contributed by atoms with Crippen molar-refractivity contribution in [3.8, 4) is 33.4 Å². The van der Waals surface area contributed by atoms with Crippen molar-refractivity contribution in [2.24, 2.45) is 0 Å². The van der Waals surface area contributed by atoms with Gasteiger partial charge in [-0.25, -0.2) is 0 Å². The van der Waals surface area contributed by atoms with E-state index in [1.807, 2.05) is 11.3 Å². The second kappa shape index (κ2) is 10.1. The van der Waals surface area contributed by atoms with Crippen LogP contribution < -0.4 is 0 Å². The fourth-order valence-electron chi connectivity index (χ4n) is 9.31. The molecule has 1 aliphatic rings. The van der Waals surface area contributed by atoms with Crippen molar-refractivity contribution in [2.45, 2.75) is 19.3 Å². The Hall–Kier alpha value is -5.76. The van der Waals surface area contributed by atoms with Gasteiger partial charge in [-0.1, -0.05) is 153 Å². The van der Waals surface area contributed by atoms with E-state index < -0.39 is 0 Å². The molecule has 1 heteroatoms. The maximum absolute atomic E-state index is 2.50. The molecule has 0 aliphatic heterocycles. The summed E-state index contributed by atoms with van der Waals surface area (Å²) in [6.07, 6.45) is 0. The molecule has 1 aliphatic carbocycles. The van der Waals surface area contributed by atoms with Crippen LogP contribution in [0.4, 0.5) is 0 Å². The van der Waals surface area contributed by atoms with Gasteiger partial charge < -0.3 is 0 Å². The monoisotopic (exact) mass is 652 g/mol. The van der Waals surface area contributed by atoms with Crippen LogP contribution in [-0.4, -0.2) is 0 Å². The third-order valence-corrected chi connectivity index (χ3v) is 12.6. The number of fused-ring (bicyclic) bond motifs is 11. The molecule has 234 valence electrons. The van der Waals surface area contributed by atoms with Gasteiger partial charge in [-0.05, 0) is 100 Å². The van der Waals surface area contributed by atoms with Gasteiger partial charge in [-0.3, -0.25) is 0 Å². The minimum atomic E-state index is -0.166. The summed E-state index contributed by atoms with van der Waals surface area (Å²) in [6.45, 7) is 4.86. The molecule has 9 aromatic carbocycles. The second-order valence-corrected chi connectivity index (χ2v) is 15.4. The number of hydrogen-bond donors (Lipinski definition) is 0. The fraction of sp³-hybridized carbons (Fsp3) is 0.0612. The first-order chi connectivity index (χ1) is 24.6. The number of hydrogen-bond acceptors (Lipinski definition) is 1. The lowest BCUT2D eigenvalue weighted by molar-refractivity contribution is 0.663. The molecule has 0 atom stereocenters. The van der Waals surface area contributed by atoms with Crippen LogP contribution in [0, 0.1) is 0 Å². The minimum absolute atomic E-state index is 0.166. The Morgan fingerprint density at radius 1 is 0.380 bits per heavy atom. The van der Waals surface area contributed by atoms with Crippen LogP contribution in [0.1, 0.15) is 25.0 Å². The Kier molecular flexibility index (Phi) is 5.70. The van der Waals surface area contributed by atoms with Crippen molar-refractivity contribution in [3.63, 3.8) is 0 Å². The smallest absolute Gasteiger partial charge is 0.0437 e. The average molecular weight is 653 g/mol. The fourth-order valence-corrected chi connectivity index (χ4v) is 10.5. The van der Waals surface area contributed by atoms with Gasteiger partial charge in [0.2, 0.25) is 0 Å². The first-order valence-electron chi connectivity index (χ1n) is 17.5. The van der Waals surface area contributed by atoms with E-state index in [-0.39, 0.29) is 5.41 Å². The molecule has 50 heavy (non-hydrogen) atoms. The Labute approximate surface area is 294 Å². The van der Waals surface area contributed by atoms with Gasteiger partial charge in [0.15, 0.2) is 0 Å². The summed E-state index contributed by atoms with van der Waals surface area (Å²) in [5.74, 6) is 0. The molecule has 0 radical (unpaired) electrons. The lowest BCUT2D eigenvalue weighted by atomic mass is 9.76. The Morgan fingerprint density at radius 3 is 1.64 bits per heavy atom. The summed E-state index contributed by atoms with van der Waals surface area (Å²) in [6, 6.07) is 59.1. The molecule has 0 fully saturated rings. The highest BCUT2D eigenvalue weighted by Gasteiger charge is 2.39. The highest BCUT2D eigenvalue weighted by Crippen LogP contribution is 2.58. The molecular formula is C49H32S. The van der Waals surface area contributed by atoms with E-state index >= 15 is 0 Å². The molecule has 0 bridgehead atoms. The standard InChI is InChI=1S/C49H32S/c1-49(2)42-25-13-11-19-33(42)40-28-41-34-20-12-14-26-43(34)50-48(41)46(47(40)49)45-37-23-9-7-21-35(37)44(36-22-8-10-24-38(36)45)39-27-29-15-3-4-16-30(29)31-17-5-6-18-32(31)39/h3-28H,1-2H3. The van der Waals surface area contributed by atoms with Gasteiger partial charge in [-0.15, -0.1) is 11.3 Å². The van der Waals surface area contributed by atoms with E-state index in [1.54, 1.807) is 0 Å². The zero-order valence-electron chi connectivity index (χ0n) is 27.9. The molecule has 0 spiro atoms. The van der Waals surface area contributed by atoms with E-state index in [4.69, 9.17) is 0 Å². The zero-order chi connectivity index (χ0) is 33.1. The molecule has 0 unspecified atom stereocenters. The van der Waals surface area contributed by atoms with Crippen molar-refractivity contribution in [3.05, 3.63) is 169 Å². The second-order valence-electron chi connectivity index (χ2n) is 14.4. The summed E-state index contributed by atoms with van der Waals surface area (Å²) in [7, 11) is 0. The highest BCUT2D eigenvalue weighted by molar-refractivity contribution is 7.26. The molecular weight excluding hydrogens is 621 g/mol. The largest absolute Gasteiger partial charge is 0.135 e. The average Bonchev–Trinajstić information content (AvgIpc) is 3.65. The van der Waals surface area contributed by atoms with Crippen LogP contribution in [0.15, 0.2) is 158 Å². The van der Waals surface area contributed by atoms with Crippen LogP contribution in [0.5, 0.6) is 0 Å². The van der Waals surface area contributed by atoms with Gasteiger partial charge in [0, 0.05) is 31.2 Å². The zero-order valence-corrected chi connectivity index (χ0v) is 28.7. The summed E-state index contributed by atoms with van der Waals surface area (Å²) in [5, 5.41) is 13.0. The van der Waals surface area contributed by atoms with Gasteiger partial charge in [0.05, 0.1) is 0 Å². The summed E-state index contributed by atoms with van der Waals surface area (Å²) < 4.78 is 2.72. The van der Waals surface area contributed by atoms with Crippen LogP contribution in [0.3, 0.4) is 0 Å². The predicted molar refractivity (Wildman–Crippen MR) is 218 cm³/mol. The van der Waals surface area contributed by atoms with E-state index in [0.717, 1.165) is 0 Å². The first kappa shape index (κ1) is 28.1. The Bertz CT molecular complexity index is 3010. The van der Waals surface area contributed by atoms with Crippen LogP contribution in [0.25, 0.3) is 96.6 Å². The first-order valence-corrected chi connectivity index (χ1v) is 18.3. The maximum atomic E-state index is 2.50. The van der Waals surface area contributed by atoms with E-state index in [1.165, 1.54) is 108 Å².